The summed E-state index contributed by atoms with van der Waals surface area (Å²) in [5.74, 6) is 0.0220. The zero-order valence-corrected chi connectivity index (χ0v) is 14.0. The smallest absolute Gasteiger partial charge is 0.245 e. The van der Waals surface area contributed by atoms with Crippen molar-refractivity contribution in [2.45, 2.75) is 52.6 Å². The average Bonchev–Trinajstić information content (AvgIpc) is 2.90. The number of piperazine rings is 1. The van der Waals surface area contributed by atoms with Crippen LogP contribution in [0.1, 0.15) is 39.0 Å². The molecule has 0 radical (unpaired) electrons. The number of carbonyl (C=O) groups excluding carboxylic acids is 2. The van der Waals surface area contributed by atoms with Crippen molar-refractivity contribution in [3.63, 3.8) is 0 Å². The molecule has 2 rings (SSSR count). The van der Waals surface area contributed by atoms with Gasteiger partial charge in [-0.3, -0.25) is 9.59 Å². The second-order valence-electron chi connectivity index (χ2n) is 6.60. The highest BCUT2D eigenvalue weighted by atomic mass is 32.1. The molecule has 21 heavy (non-hydrogen) atoms. The monoisotopic (exact) mass is 308 g/mol. The van der Waals surface area contributed by atoms with Crippen LogP contribution in [-0.4, -0.2) is 35.3 Å². The van der Waals surface area contributed by atoms with E-state index in [4.69, 9.17) is 0 Å². The maximum atomic E-state index is 12.6. The van der Waals surface area contributed by atoms with Gasteiger partial charge in [0, 0.05) is 11.4 Å². The van der Waals surface area contributed by atoms with Crippen LogP contribution < -0.4 is 5.32 Å². The van der Waals surface area contributed by atoms with Crippen LogP contribution in [0.5, 0.6) is 0 Å². The molecule has 2 amide bonds. The van der Waals surface area contributed by atoms with E-state index in [-0.39, 0.29) is 23.3 Å². The molecule has 5 heteroatoms. The molecule has 116 valence electrons. The normalized spacial score (nSPS) is 23.3. The summed E-state index contributed by atoms with van der Waals surface area (Å²) in [5, 5.41) is 4.91. The molecular formula is C16H24N2O2S. The van der Waals surface area contributed by atoms with Gasteiger partial charge in [0.25, 0.3) is 0 Å². The van der Waals surface area contributed by atoms with Crippen LogP contribution in [0.15, 0.2) is 17.5 Å². The topological polar surface area (TPSA) is 49.4 Å². The summed E-state index contributed by atoms with van der Waals surface area (Å²) in [6, 6.07) is 3.32. The van der Waals surface area contributed by atoms with Gasteiger partial charge in [0.2, 0.25) is 11.8 Å². The Bertz CT molecular complexity index is 505. The van der Waals surface area contributed by atoms with Crippen LogP contribution in [0.3, 0.4) is 0 Å². The van der Waals surface area contributed by atoms with Gasteiger partial charge in [0.1, 0.15) is 12.1 Å². The van der Waals surface area contributed by atoms with Crippen molar-refractivity contribution in [2.75, 3.05) is 6.54 Å². The van der Waals surface area contributed by atoms with Gasteiger partial charge in [0.15, 0.2) is 0 Å². The number of nitrogens with one attached hydrogen (secondary N) is 1. The molecule has 0 aromatic carbocycles. The SMILES string of the molecule is CCC1NC(=O)C(C(C)(C)C)N(CCc2cccs2)C1=O. The third kappa shape index (κ3) is 3.46. The van der Waals surface area contributed by atoms with Gasteiger partial charge in [-0.2, -0.15) is 0 Å². The highest BCUT2D eigenvalue weighted by molar-refractivity contribution is 7.09. The Morgan fingerprint density at radius 1 is 1.33 bits per heavy atom. The lowest BCUT2D eigenvalue weighted by Gasteiger charge is -2.44. The van der Waals surface area contributed by atoms with Crippen molar-refractivity contribution in [1.29, 1.82) is 0 Å². The zero-order valence-electron chi connectivity index (χ0n) is 13.2. The summed E-state index contributed by atoms with van der Waals surface area (Å²) < 4.78 is 0. The third-order valence-corrected chi connectivity index (χ3v) is 4.80. The number of rotatable bonds is 4. The molecule has 2 heterocycles. The number of hydrogen-bond acceptors (Lipinski definition) is 3. The number of amides is 2. The van der Waals surface area contributed by atoms with Crippen LogP contribution in [0, 0.1) is 5.41 Å². The van der Waals surface area contributed by atoms with Gasteiger partial charge >= 0.3 is 0 Å². The average molecular weight is 308 g/mol. The second-order valence-corrected chi connectivity index (χ2v) is 7.63. The molecule has 4 nitrogen and oxygen atoms in total. The van der Waals surface area contributed by atoms with Gasteiger partial charge in [-0.05, 0) is 29.7 Å². The first-order chi connectivity index (χ1) is 9.84. The Hall–Kier alpha value is -1.36. The second kappa shape index (κ2) is 6.18. The molecule has 1 aromatic rings. The molecule has 0 saturated carbocycles. The van der Waals surface area contributed by atoms with Gasteiger partial charge in [0.05, 0.1) is 0 Å². The van der Waals surface area contributed by atoms with Crippen molar-refractivity contribution in [3.8, 4) is 0 Å². The van der Waals surface area contributed by atoms with Crippen molar-refractivity contribution >= 4 is 23.2 Å². The minimum absolute atomic E-state index is 0.0277. The molecule has 1 aliphatic heterocycles. The van der Waals surface area contributed by atoms with Crippen LogP contribution >= 0.6 is 11.3 Å². The summed E-state index contributed by atoms with van der Waals surface area (Å²) in [5.41, 5.74) is -0.270. The van der Waals surface area contributed by atoms with E-state index < -0.39 is 6.04 Å². The maximum Gasteiger partial charge on any atom is 0.245 e. The maximum absolute atomic E-state index is 12.6. The number of hydrogen-bond donors (Lipinski definition) is 1. The minimum atomic E-state index is -0.396. The van der Waals surface area contributed by atoms with Crippen molar-refractivity contribution < 1.29 is 9.59 Å². The molecule has 0 spiro atoms. The lowest BCUT2D eigenvalue weighted by molar-refractivity contribution is -0.153. The van der Waals surface area contributed by atoms with Crippen LogP contribution in [-0.2, 0) is 16.0 Å². The Labute approximate surface area is 130 Å². The van der Waals surface area contributed by atoms with E-state index >= 15 is 0 Å². The summed E-state index contributed by atoms with van der Waals surface area (Å²) in [6.07, 6.45) is 1.44. The molecule has 2 unspecified atom stereocenters. The van der Waals surface area contributed by atoms with Crippen LogP contribution in [0.25, 0.3) is 0 Å². The third-order valence-electron chi connectivity index (χ3n) is 3.87. The standard InChI is InChI=1S/C16H24N2O2S/c1-5-12-15(20)18(9-8-11-7-6-10-21-11)13(14(19)17-12)16(2,3)4/h6-7,10,12-13H,5,8-9H2,1-4H3,(H,17,19). The van der Waals surface area contributed by atoms with E-state index in [9.17, 15) is 9.59 Å². The molecule has 2 atom stereocenters. The van der Waals surface area contributed by atoms with E-state index in [0.717, 1.165) is 6.42 Å². The van der Waals surface area contributed by atoms with Gasteiger partial charge < -0.3 is 10.2 Å². The number of carbonyl (C=O) groups is 2. The first kappa shape index (κ1) is 16.0. The molecule has 0 aliphatic carbocycles. The summed E-state index contributed by atoms with van der Waals surface area (Å²) in [4.78, 5) is 28.1. The first-order valence-corrected chi connectivity index (χ1v) is 8.35. The van der Waals surface area contributed by atoms with E-state index in [1.165, 1.54) is 4.88 Å². The molecule has 1 aliphatic rings. The zero-order chi connectivity index (χ0) is 15.6. The Kier molecular flexibility index (Phi) is 4.71. The summed E-state index contributed by atoms with van der Waals surface area (Å²) in [6.45, 7) is 8.56. The highest BCUT2D eigenvalue weighted by Crippen LogP contribution is 2.28. The highest BCUT2D eigenvalue weighted by Gasteiger charge is 2.45. The predicted molar refractivity (Wildman–Crippen MR) is 85.2 cm³/mol. The Morgan fingerprint density at radius 3 is 2.57 bits per heavy atom. The number of thiophene rings is 1. The summed E-state index contributed by atoms with van der Waals surface area (Å²) in [7, 11) is 0. The van der Waals surface area contributed by atoms with Crippen LogP contribution in [0.2, 0.25) is 0 Å². The Morgan fingerprint density at radius 2 is 2.05 bits per heavy atom. The molecule has 1 saturated heterocycles. The summed E-state index contributed by atoms with van der Waals surface area (Å²) >= 11 is 1.69. The minimum Gasteiger partial charge on any atom is -0.342 e. The fourth-order valence-electron chi connectivity index (χ4n) is 2.84. The molecule has 1 N–H and O–H groups in total. The first-order valence-electron chi connectivity index (χ1n) is 7.48. The molecular weight excluding hydrogens is 284 g/mol. The Balaban J connectivity index is 2.20. The van der Waals surface area contributed by atoms with Crippen molar-refractivity contribution in [1.82, 2.24) is 10.2 Å². The van der Waals surface area contributed by atoms with Crippen molar-refractivity contribution in [2.24, 2.45) is 5.41 Å². The largest absolute Gasteiger partial charge is 0.342 e. The lowest BCUT2D eigenvalue weighted by atomic mass is 9.83. The van der Waals surface area contributed by atoms with Crippen molar-refractivity contribution in [3.05, 3.63) is 22.4 Å². The molecule has 0 bridgehead atoms. The number of nitrogens with zero attached hydrogens (tertiary/aromatic N) is 1. The van der Waals surface area contributed by atoms with E-state index in [2.05, 4.69) is 11.4 Å². The molecule has 1 aromatic heterocycles. The van der Waals surface area contributed by atoms with Gasteiger partial charge in [-0.15, -0.1) is 11.3 Å². The fraction of sp³-hybridized carbons (Fsp3) is 0.625. The van der Waals surface area contributed by atoms with E-state index in [0.29, 0.717) is 13.0 Å². The van der Waals surface area contributed by atoms with Crippen LogP contribution in [0.4, 0.5) is 0 Å². The fourth-order valence-corrected chi connectivity index (χ4v) is 3.54. The lowest BCUT2D eigenvalue weighted by Crippen LogP contribution is -2.66. The quantitative estimate of drug-likeness (QED) is 0.929. The van der Waals surface area contributed by atoms with E-state index in [1.54, 1.807) is 16.2 Å². The predicted octanol–water partition coefficient (Wildman–Crippen LogP) is 2.44. The van der Waals surface area contributed by atoms with Gasteiger partial charge in [-0.1, -0.05) is 33.8 Å². The molecule has 1 fully saturated rings. The van der Waals surface area contributed by atoms with Gasteiger partial charge in [-0.25, -0.2) is 0 Å². The van der Waals surface area contributed by atoms with E-state index in [1.807, 2.05) is 39.1 Å².